The lowest BCUT2D eigenvalue weighted by Gasteiger charge is -2.42. The van der Waals surface area contributed by atoms with Crippen molar-refractivity contribution in [2.45, 2.75) is 32.4 Å². The maximum absolute atomic E-state index is 13.5. The smallest absolute Gasteiger partial charge is 0.227 e. The van der Waals surface area contributed by atoms with Crippen LogP contribution in [0.5, 0.6) is 0 Å². The topological polar surface area (TPSA) is 43.9 Å². The third-order valence-corrected chi connectivity index (χ3v) is 6.55. The Morgan fingerprint density at radius 1 is 0.903 bits per heavy atom. The van der Waals surface area contributed by atoms with Gasteiger partial charge in [0.1, 0.15) is 5.82 Å². The largest absolute Gasteiger partial charge is 0.339 e. The number of hydrogen-bond donors (Lipinski definition) is 0. The van der Waals surface area contributed by atoms with Crippen molar-refractivity contribution in [3.63, 3.8) is 0 Å². The molecule has 2 aliphatic rings. The zero-order valence-corrected chi connectivity index (χ0v) is 18.0. The quantitative estimate of drug-likeness (QED) is 0.756. The number of piperidine rings is 1. The monoisotopic (exact) mass is 423 g/mol. The number of nitrogens with zero attached hydrogens (tertiary/aromatic N) is 3. The molecule has 0 radical (unpaired) electrons. The summed E-state index contributed by atoms with van der Waals surface area (Å²) in [5.74, 6) is -0.0176. The zero-order chi connectivity index (χ0) is 21.8. The molecule has 2 saturated heterocycles. The van der Waals surface area contributed by atoms with Gasteiger partial charge in [-0.2, -0.15) is 0 Å². The highest BCUT2D eigenvalue weighted by molar-refractivity contribution is 5.80. The molecule has 2 unspecified atom stereocenters. The lowest BCUT2D eigenvalue weighted by molar-refractivity contribution is -0.143. The predicted octanol–water partition coefficient (Wildman–Crippen LogP) is 3.47. The normalized spacial score (nSPS) is 22.4. The highest BCUT2D eigenvalue weighted by Gasteiger charge is 2.35. The van der Waals surface area contributed by atoms with Crippen molar-refractivity contribution >= 4 is 11.8 Å². The van der Waals surface area contributed by atoms with Gasteiger partial charge in [-0.15, -0.1) is 0 Å². The third-order valence-electron chi connectivity index (χ3n) is 6.55. The highest BCUT2D eigenvalue weighted by atomic mass is 19.1. The second-order valence-corrected chi connectivity index (χ2v) is 8.59. The first-order chi connectivity index (χ1) is 15.0. The number of piperazine rings is 1. The summed E-state index contributed by atoms with van der Waals surface area (Å²) in [7, 11) is 0. The molecule has 4 rings (SSSR count). The van der Waals surface area contributed by atoms with Crippen LogP contribution in [0.25, 0.3) is 0 Å². The molecule has 0 bridgehead atoms. The van der Waals surface area contributed by atoms with E-state index in [1.807, 2.05) is 35.2 Å². The molecule has 2 heterocycles. The SMILES string of the molecule is CC(=O)N1CCN(C(=O)C2CCC(c3ccc(F)cc3)N(Cc3ccccc3)C2)CC1. The van der Waals surface area contributed by atoms with Crippen molar-refractivity contribution in [2.75, 3.05) is 32.7 Å². The van der Waals surface area contributed by atoms with Gasteiger partial charge in [-0.05, 0) is 36.1 Å². The summed E-state index contributed by atoms with van der Waals surface area (Å²) in [5.41, 5.74) is 2.30. The maximum Gasteiger partial charge on any atom is 0.227 e. The fourth-order valence-corrected chi connectivity index (χ4v) is 4.80. The lowest BCUT2D eigenvalue weighted by atomic mass is 9.87. The first-order valence-electron chi connectivity index (χ1n) is 11.1. The number of rotatable bonds is 4. The third kappa shape index (κ3) is 5.13. The fraction of sp³-hybridized carbons (Fsp3) is 0.440. The van der Waals surface area contributed by atoms with Gasteiger partial charge in [0.05, 0.1) is 5.92 Å². The van der Waals surface area contributed by atoms with E-state index in [2.05, 4.69) is 17.0 Å². The predicted molar refractivity (Wildman–Crippen MR) is 118 cm³/mol. The molecule has 5 nitrogen and oxygen atoms in total. The number of amides is 2. The number of hydrogen-bond acceptors (Lipinski definition) is 3. The zero-order valence-electron chi connectivity index (χ0n) is 18.0. The van der Waals surface area contributed by atoms with Crippen LogP contribution in [0.3, 0.4) is 0 Å². The fourth-order valence-electron chi connectivity index (χ4n) is 4.80. The van der Waals surface area contributed by atoms with E-state index in [1.165, 1.54) is 17.7 Å². The van der Waals surface area contributed by atoms with Crippen LogP contribution in [0.1, 0.15) is 36.9 Å². The van der Waals surface area contributed by atoms with Crippen LogP contribution in [-0.4, -0.2) is 59.2 Å². The molecule has 0 spiro atoms. The summed E-state index contributed by atoms with van der Waals surface area (Å²) >= 11 is 0. The molecule has 2 aromatic carbocycles. The minimum atomic E-state index is -0.230. The first-order valence-corrected chi connectivity index (χ1v) is 11.1. The van der Waals surface area contributed by atoms with Crippen LogP contribution in [-0.2, 0) is 16.1 Å². The summed E-state index contributed by atoms with van der Waals surface area (Å²) < 4.78 is 13.5. The van der Waals surface area contributed by atoms with Crippen LogP contribution in [0, 0.1) is 11.7 Å². The molecule has 0 N–H and O–H groups in total. The van der Waals surface area contributed by atoms with Gasteiger partial charge in [-0.1, -0.05) is 42.5 Å². The van der Waals surface area contributed by atoms with Gasteiger partial charge in [-0.25, -0.2) is 4.39 Å². The highest BCUT2D eigenvalue weighted by Crippen LogP contribution is 2.35. The van der Waals surface area contributed by atoms with E-state index in [1.54, 1.807) is 11.8 Å². The molecule has 2 aliphatic heterocycles. The molecule has 0 saturated carbocycles. The Morgan fingerprint density at radius 2 is 1.55 bits per heavy atom. The van der Waals surface area contributed by atoms with Crippen molar-refractivity contribution in [3.8, 4) is 0 Å². The van der Waals surface area contributed by atoms with Gasteiger partial charge < -0.3 is 9.80 Å². The summed E-state index contributed by atoms with van der Waals surface area (Å²) in [6, 6.07) is 17.2. The molecule has 31 heavy (non-hydrogen) atoms. The minimum Gasteiger partial charge on any atom is -0.339 e. The van der Waals surface area contributed by atoms with Crippen molar-refractivity contribution in [1.29, 1.82) is 0 Å². The van der Waals surface area contributed by atoms with E-state index in [4.69, 9.17) is 0 Å². The molecular weight excluding hydrogens is 393 g/mol. The molecular formula is C25H30FN3O2. The average Bonchev–Trinajstić information content (AvgIpc) is 2.80. The van der Waals surface area contributed by atoms with Crippen LogP contribution >= 0.6 is 0 Å². The van der Waals surface area contributed by atoms with E-state index in [0.29, 0.717) is 32.7 Å². The summed E-state index contributed by atoms with van der Waals surface area (Å²) in [4.78, 5) is 30.9. The number of carbonyl (C=O) groups excluding carboxylic acids is 2. The molecule has 2 aromatic rings. The molecule has 0 aliphatic carbocycles. The lowest BCUT2D eigenvalue weighted by Crippen LogP contribution is -2.53. The van der Waals surface area contributed by atoms with Crippen molar-refractivity contribution in [1.82, 2.24) is 14.7 Å². The summed E-state index contributed by atoms with van der Waals surface area (Å²) in [6.07, 6.45) is 1.68. The van der Waals surface area contributed by atoms with Crippen molar-refractivity contribution in [2.24, 2.45) is 5.92 Å². The van der Waals surface area contributed by atoms with Crippen LogP contribution in [0.15, 0.2) is 54.6 Å². The van der Waals surface area contributed by atoms with Gasteiger partial charge in [0, 0.05) is 52.2 Å². The van der Waals surface area contributed by atoms with Gasteiger partial charge >= 0.3 is 0 Å². The number of halogens is 1. The molecule has 6 heteroatoms. The van der Waals surface area contributed by atoms with E-state index >= 15 is 0 Å². The number of likely N-dealkylation sites (tertiary alicyclic amines) is 1. The van der Waals surface area contributed by atoms with Crippen molar-refractivity contribution in [3.05, 3.63) is 71.5 Å². The Morgan fingerprint density at radius 3 is 2.19 bits per heavy atom. The second-order valence-electron chi connectivity index (χ2n) is 8.59. The Labute approximate surface area is 183 Å². The molecule has 164 valence electrons. The Bertz CT molecular complexity index is 895. The number of benzene rings is 2. The van der Waals surface area contributed by atoms with Crippen LogP contribution in [0.4, 0.5) is 4.39 Å². The summed E-state index contributed by atoms with van der Waals surface area (Å²) in [6.45, 7) is 5.45. The molecule has 2 amide bonds. The Balaban J connectivity index is 1.47. The Hall–Kier alpha value is -2.73. The van der Waals surface area contributed by atoms with Gasteiger partial charge in [0.15, 0.2) is 0 Å². The molecule has 2 fully saturated rings. The standard InChI is InChI=1S/C25H30FN3O2/c1-19(30)27-13-15-28(16-14-27)25(31)22-9-12-24(21-7-10-23(26)11-8-21)29(18-22)17-20-5-3-2-4-6-20/h2-8,10-11,22,24H,9,12-18H2,1H3. The van der Waals surface area contributed by atoms with E-state index in [0.717, 1.165) is 24.9 Å². The van der Waals surface area contributed by atoms with Gasteiger partial charge in [0.25, 0.3) is 0 Å². The first kappa shape index (κ1) is 21.5. The van der Waals surface area contributed by atoms with E-state index < -0.39 is 0 Å². The Kier molecular flexibility index (Phi) is 6.66. The van der Waals surface area contributed by atoms with E-state index in [9.17, 15) is 14.0 Å². The van der Waals surface area contributed by atoms with E-state index in [-0.39, 0.29) is 29.6 Å². The summed E-state index contributed by atoms with van der Waals surface area (Å²) in [5, 5.41) is 0. The minimum absolute atomic E-state index is 0.0516. The maximum atomic E-state index is 13.5. The van der Waals surface area contributed by atoms with Crippen LogP contribution in [0.2, 0.25) is 0 Å². The van der Waals surface area contributed by atoms with Crippen molar-refractivity contribution < 1.29 is 14.0 Å². The van der Waals surface area contributed by atoms with Gasteiger partial charge in [-0.3, -0.25) is 14.5 Å². The second kappa shape index (κ2) is 9.60. The molecule has 2 atom stereocenters. The molecule has 0 aromatic heterocycles. The van der Waals surface area contributed by atoms with Gasteiger partial charge in [0.2, 0.25) is 11.8 Å². The average molecular weight is 424 g/mol. The van der Waals surface area contributed by atoms with Crippen LogP contribution < -0.4 is 0 Å². The number of carbonyl (C=O) groups is 2.